The number of hydrogen-bond acceptors (Lipinski definition) is 7. The van der Waals surface area contributed by atoms with Crippen molar-refractivity contribution in [1.82, 2.24) is 0 Å². The molecule has 0 atom stereocenters. The van der Waals surface area contributed by atoms with Gasteiger partial charge in [-0.3, -0.25) is 9.59 Å². The second-order valence-corrected chi connectivity index (χ2v) is 10.5. The summed E-state index contributed by atoms with van der Waals surface area (Å²) < 4.78 is 17.3. The highest BCUT2D eigenvalue weighted by Gasteiger charge is 2.27. The van der Waals surface area contributed by atoms with E-state index in [0.29, 0.717) is 51.4 Å². The predicted octanol–water partition coefficient (Wildman–Crippen LogP) is 8.02. The van der Waals surface area contributed by atoms with Crippen LogP contribution in [0.4, 0.5) is 0 Å². The Labute approximate surface area is 252 Å². The number of phenols is 2. The quantitative estimate of drug-likeness (QED) is 0.153. The van der Waals surface area contributed by atoms with E-state index in [1.165, 1.54) is 27.2 Å². The van der Waals surface area contributed by atoms with Gasteiger partial charge < -0.3 is 24.4 Å². The summed E-state index contributed by atoms with van der Waals surface area (Å²) in [5, 5.41) is 21.1. The van der Waals surface area contributed by atoms with E-state index in [9.17, 15) is 19.8 Å². The number of benzene rings is 4. The Morgan fingerprint density at radius 3 is 1.47 bits per heavy atom. The van der Waals surface area contributed by atoms with Crippen LogP contribution in [0, 0.1) is 27.7 Å². The van der Waals surface area contributed by atoms with Crippen LogP contribution in [-0.4, -0.2) is 43.6 Å². The first kappa shape index (κ1) is 30.9. The van der Waals surface area contributed by atoms with E-state index in [1.807, 2.05) is 45.9 Å². The van der Waals surface area contributed by atoms with Gasteiger partial charge in [0.15, 0.2) is 12.1 Å². The summed E-state index contributed by atoms with van der Waals surface area (Å²) in [7, 11) is 4.63. The van der Waals surface area contributed by atoms with Gasteiger partial charge >= 0.3 is 0 Å². The fourth-order valence-electron chi connectivity index (χ4n) is 6.01. The summed E-state index contributed by atoms with van der Waals surface area (Å²) in [5.74, 6) is 1.17. The molecule has 43 heavy (non-hydrogen) atoms. The molecule has 2 N–H and O–H groups in total. The summed E-state index contributed by atoms with van der Waals surface area (Å²) in [6.07, 6.45) is 2.17. The van der Waals surface area contributed by atoms with Crippen LogP contribution in [0.25, 0.3) is 39.5 Å². The Balaban J connectivity index is 2.31. The second kappa shape index (κ2) is 12.1. The fourth-order valence-corrected chi connectivity index (χ4v) is 6.01. The van der Waals surface area contributed by atoms with Crippen molar-refractivity contribution < 1.29 is 34.0 Å². The third-order valence-electron chi connectivity index (χ3n) is 8.03. The van der Waals surface area contributed by atoms with Crippen LogP contribution in [0.1, 0.15) is 55.5 Å². The fraction of sp³-hybridized carbons (Fsp3) is 0.222. The molecule has 0 unspecified atom stereocenters. The monoisotopic (exact) mass is 580 g/mol. The number of aldehydes is 1. The number of hydrogen-bond donors (Lipinski definition) is 2. The molecule has 4 aromatic carbocycles. The van der Waals surface area contributed by atoms with Gasteiger partial charge in [0.1, 0.15) is 28.7 Å². The topological polar surface area (TPSA) is 102 Å². The molecule has 222 valence electrons. The molecule has 0 aromatic heterocycles. The first-order chi connectivity index (χ1) is 20.4. The lowest BCUT2D eigenvalue weighted by Gasteiger charge is -2.26. The first-order valence-electron chi connectivity index (χ1n) is 13.7. The molecule has 0 heterocycles. The lowest BCUT2D eigenvalue weighted by molar-refractivity contribution is 0.101. The van der Waals surface area contributed by atoms with Gasteiger partial charge in [-0.1, -0.05) is 12.7 Å². The van der Waals surface area contributed by atoms with Crippen LogP contribution in [0.15, 0.2) is 43.0 Å². The van der Waals surface area contributed by atoms with E-state index < -0.39 is 0 Å². The number of rotatable bonds is 9. The minimum atomic E-state index is -0.194. The Morgan fingerprint density at radius 1 is 0.674 bits per heavy atom. The molecule has 7 nitrogen and oxygen atoms in total. The van der Waals surface area contributed by atoms with Gasteiger partial charge in [-0.25, -0.2) is 0 Å². The van der Waals surface area contributed by atoms with E-state index in [1.54, 1.807) is 25.3 Å². The summed E-state index contributed by atoms with van der Waals surface area (Å²) in [5.41, 5.74) is 8.97. The van der Waals surface area contributed by atoms with Crippen LogP contribution < -0.4 is 14.2 Å². The van der Waals surface area contributed by atoms with Gasteiger partial charge in [0.2, 0.25) is 0 Å². The van der Waals surface area contributed by atoms with Crippen molar-refractivity contribution >= 4 is 18.1 Å². The highest BCUT2D eigenvalue weighted by Crippen LogP contribution is 2.50. The molecule has 0 fully saturated rings. The van der Waals surface area contributed by atoms with Gasteiger partial charge in [-0.2, -0.15) is 0 Å². The maximum absolute atomic E-state index is 12.7. The maximum Gasteiger partial charge on any atom is 0.160 e. The molecule has 0 aliphatic heterocycles. The molecular weight excluding hydrogens is 544 g/mol. The van der Waals surface area contributed by atoms with E-state index >= 15 is 0 Å². The standard InChI is InChI=1S/C36H36O7/c1-10-23-12-26(32(42-8)15-29(23)39)34-19(3)35(27-13-24(17-37)30(40)16-33(27)43-9)21(5)36(20(34)4)28-14-25(22(6)38)18(2)11-31(28)41-7/h10-17,39-40H,1H2,2-9H3. The summed E-state index contributed by atoms with van der Waals surface area (Å²) in [6, 6.07) is 10.1. The molecule has 0 amide bonds. The largest absolute Gasteiger partial charge is 0.507 e. The van der Waals surface area contributed by atoms with Gasteiger partial charge in [-0.15, -0.1) is 0 Å². The van der Waals surface area contributed by atoms with Crippen LogP contribution in [-0.2, 0) is 0 Å². The lowest BCUT2D eigenvalue weighted by atomic mass is 9.79. The van der Waals surface area contributed by atoms with Crippen molar-refractivity contribution in [3.05, 3.63) is 81.9 Å². The minimum absolute atomic E-state index is 0.0283. The second-order valence-electron chi connectivity index (χ2n) is 10.5. The Bertz CT molecular complexity index is 1700. The van der Waals surface area contributed by atoms with Crippen molar-refractivity contribution in [2.24, 2.45) is 0 Å². The number of carbonyl (C=O) groups is 2. The number of aromatic hydroxyl groups is 2. The van der Waals surface area contributed by atoms with E-state index in [0.717, 1.165) is 38.9 Å². The summed E-state index contributed by atoms with van der Waals surface area (Å²) in [6.45, 7) is 13.2. The molecule has 0 spiro atoms. The number of methoxy groups -OCH3 is 3. The Kier molecular flexibility index (Phi) is 8.67. The van der Waals surface area contributed by atoms with Crippen molar-refractivity contribution in [2.75, 3.05) is 21.3 Å². The minimum Gasteiger partial charge on any atom is -0.507 e. The van der Waals surface area contributed by atoms with Crippen LogP contribution in [0.5, 0.6) is 28.7 Å². The average molecular weight is 581 g/mol. The zero-order valence-corrected chi connectivity index (χ0v) is 25.8. The Hall–Kier alpha value is -5.04. The van der Waals surface area contributed by atoms with Gasteiger partial charge in [0, 0.05) is 39.9 Å². The van der Waals surface area contributed by atoms with E-state index in [2.05, 4.69) is 6.58 Å². The van der Waals surface area contributed by atoms with E-state index in [4.69, 9.17) is 14.2 Å². The first-order valence-corrected chi connectivity index (χ1v) is 13.7. The van der Waals surface area contributed by atoms with Gasteiger partial charge in [-0.05, 0) is 97.8 Å². The number of aryl methyl sites for hydroxylation is 1. The molecule has 0 bridgehead atoms. The molecule has 0 radical (unpaired) electrons. The Morgan fingerprint density at radius 2 is 1.07 bits per heavy atom. The zero-order chi connectivity index (χ0) is 31.7. The summed E-state index contributed by atoms with van der Waals surface area (Å²) in [4.78, 5) is 24.6. The van der Waals surface area contributed by atoms with Crippen molar-refractivity contribution in [3.8, 4) is 62.1 Å². The number of Topliss-reactive ketones (excluding diaryl/α,β-unsaturated/α-hetero) is 1. The van der Waals surface area contributed by atoms with Crippen molar-refractivity contribution in [2.45, 2.75) is 34.6 Å². The van der Waals surface area contributed by atoms with Gasteiger partial charge in [0.25, 0.3) is 0 Å². The number of ether oxygens (including phenoxy) is 3. The predicted molar refractivity (Wildman–Crippen MR) is 170 cm³/mol. The van der Waals surface area contributed by atoms with Gasteiger partial charge in [0.05, 0.1) is 26.9 Å². The smallest absolute Gasteiger partial charge is 0.160 e. The number of carbonyl (C=O) groups excluding carboxylic acids is 2. The van der Waals surface area contributed by atoms with Crippen LogP contribution in [0.2, 0.25) is 0 Å². The van der Waals surface area contributed by atoms with Crippen LogP contribution >= 0.6 is 0 Å². The van der Waals surface area contributed by atoms with Crippen molar-refractivity contribution in [3.63, 3.8) is 0 Å². The van der Waals surface area contributed by atoms with Crippen LogP contribution in [0.3, 0.4) is 0 Å². The van der Waals surface area contributed by atoms with E-state index in [-0.39, 0.29) is 22.8 Å². The number of ketones is 1. The highest BCUT2D eigenvalue weighted by molar-refractivity contribution is 6.00. The molecule has 0 aliphatic rings. The van der Waals surface area contributed by atoms with Crippen molar-refractivity contribution in [1.29, 1.82) is 0 Å². The normalized spacial score (nSPS) is 10.8. The third-order valence-corrected chi connectivity index (χ3v) is 8.03. The molecule has 4 rings (SSSR count). The molecule has 0 saturated heterocycles. The molecule has 4 aromatic rings. The molecule has 7 heteroatoms. The molecule has 0 aliphatic carbocycles. The number of phenolic OH excluding ortho intramolecular Hbond substituents is 2. The third kappa shape index (κ3) is 5.23. The highest BCUT2D eigenvalue weighted by atomic mass is 16.5. The molecule has 0 saturated carbocycles. The SMILES string of the molecule is C=Cc1cc(-c2c(C)c(-c3cc(C=O)c(O)cc3OC)c(C)c(-c3cc(C(C)=O)c(C)cc3OC)c2C)c(OC)cc1O. The zero-order valence-electron chi connectivity index (χ0n) is 25.8. The summed E-state index contributed by atoms with van der Waals surface area (Å²) >= 11 is 0. The molecular formula is C36H36O7. The average Bonchev–Trinajstić information content (AvgIpc) is 2.98. The maximum atomic E-state index is 12.7. The lowest BCUT2D eigenvalue weighted by Crippen LogP contribution is -2.05.